The van der Waals surface area contributed by atoms with E-state index in [9.17, 15) is 0 Å². The number of hydrogen-bond donors (Lipinski definition) is 0. The molecule has 2 fully saturated rings. The Morgan fingerprint density at radius 3 is 1.90 bits per heavy atom. The monoisotopic (exact) mass is 138 g/mol. The van der Waals surface area contributed by atoms with Gasteiger partial charge < -0.3 is 0 Å². The van der Waals surface area contributed by atoms with Crippen molar-refractivity contribution in [3.05, 3.63) is 0 Å². The van der Waals surface area contributed by atoms with Gasteiger partial charge in [-0.25, -0.2) is 0 Å². The van der Waals surface area contributed by atoms with Gasteiger partial charge in [0, 0.05) is 0 Å². The largest absolute Gasteiger partial charge is 0.0620 e. The SMILES string of the molecule is CC(C1CCCC1)C1CC1. The van der Waals surface area contributed by atoms with Gasteiger partial charge in [-0.3, -0.25) is 0 Å². The first-order valence-corrected chi connectivity index (χ1v) is 4.88. The molecule has 2 rings (SSSR count). The summed E-state index contributed by atoms with van der Waals surface area (Å²) in [4.78, 5) is 0. The summed E-state index contributed by atoms with van der Waals surface area (Å²) in [6, 6.07) is 0. The summed E-state index contributed by atoms with van der Waals surface area (Å²) in [5.74, 6) is 3.33. The fourth-order valence-corrected chi connectivity index (χ4v) is 2.49. The molecule has 0 aliphatic heterocycles. The fraction of sp³-hybridized carbons (Fsp3) is 1.00. The summed E-state index contributed by atoms with van der Waals surface area (Å²) in [5, 5.41) is 0. The molecule has 10 heavy (non-hydrogen) atoms. The molecule has 0 aromatic rings. The average molecular weight is 138 g/mol. The first kappa shape index (κ1) is 6.69. The highest BCUT2D eigenvalue weighted by molar-refractivity contribution is 4.84. The van der Waals surface area contributed by atoms with Gasteiger partial charge in [-0.15, -0.1) is 0 Å². The van der Waals surface area contributed by atoms with Gasteiger partial charge in [0.05, 0.1) is 0 Å². The second kappa shape index (κ2) is 2.56. The van der Waals surface area contributed by atoms with E-state index in [2.05, 4.69) is 6.92 Å². The van der Waals surface area contributed by atoms with Crippen molar-refractivity contribution >= 4 is 0 Å². The molecule has 0 heterocycles. The fourth-order valence-electron chi connectivity index (χ4n) is 2.49. The lowest BCUT2D eigenvalue weighted by Gasteiger charge is -2.17. The second-order valence-electron chi connectivity index (χ2n) is 4.24. The first-order chi connectivity index (χ1) is 4.88. The summed E-state index contributed by atoms with van der Waals surface area (Å²) >= 11 is 0. The molecular formula is C10H18. The summed E-state index contributed by atoms with van der Waals surface area (Å²) in [5.41, 5.74) is 0. The van der Waals surface area contributed by atoms with Gasteiger partial charge in [0.1, 0.15) is 0 Å². The first-order valence-electron chi connectivity index (χ1n) is 4.88. The van der Waals surface area contributed by atoms with E-state index in [-0.39, 0.29) is 0 Å². The zero-order valence-electron chi connectivity index (χ0n) is 6.97. The van der Waals surface area contributed by atoms with Gasteiger partial charge in [-0.2, -0.15) is 0 Å². The molecule has 0 nitrogen and oxygen atoms in total. The molecule has 0 heteroatoms. The van der Waals surface area contributed by atoms with E-state index in [0.717, 1.165) is 17.8 Å². The van der Waals surface area contributed by atoms with Crippen LogP contribution in [-0.2, 0) is 0 Å². The summed E-state index contributed by atoms with van der Waals surface area (Å²) in [6.45, 7) is 2.48. The van der Waals surface area contributed by atoms with Gasteiger partial charge in [0.25, 0.3) is 0 Å². The van der Waals surface area contributed by atoms with Crippen molar-refractivity contribution in [3.8, 4) is 0 Å². The Morgan fingerprint density at radius 2 is 1.40 bits per heavy atom. The second-order valence-corrected chi connectivity index (χ2v) is 4.24. The van der Waals surface area contributed by atoms with Crippen molar-refractivity contribution in [2.24, 2.45) is 17.8 Å². The molecule has 2 saturated carbocycles. The molecule has 0 N–H and O–H groups in total. The lowest BCUT2D eigenvalue weighted by atomic mass is 9.89. The third kappa shape index (κ3) is 1.21. The van der Waals surface area contributed by atoms with Crippen LogP contribution in [0, 0.1) is 17.8 Å². The minimum atomic E-state index is 1.07. The molecule has 0 aromatic carbocycles. The van der Waals surface area contributed by atoms with Gasteiger partial charge in [-0.1, -0.05) is 32.6 Å². The molecular weight excluding hydrogens is 120 g/mol. The standard InChI is InChI=1S/C10H18/c1-8(10-6-7-10)9-4-2-3-5-9/h8-10H,2-7H2,1H3. The summed E-state index contributed by atoms with van der Waals surface area (Å²) in [7, 11) is 0. The highest BCUT2D eigenvalue weighted by atomic mass is 14.4. The molecule has 1 unspecified atom stereocenters. The van der Waals surface area contributed by atoms with Crippen molar-refractivity contribution in [1.82, 2.24) is 0 Å². The molecule has 0 radical (unpaired) electrons. The van der Waals surface area contributed by atoms with Crippen LogP contribution in [0.2, 0.25) is 0 Å². The number of hydrogen-bond acceptors (Lipinski definition) is 0. The molecule has 58 valence electrons. The van der Waals surface area contributed by atoms with Crippen molar-refractivity contribution < 1.29 is 0 Å². The lowest BCUT2D eigenvalue weighted by molar-refractivity contribution is 0.328. The highest BCUT2D eigenvalue weighted by Gasteiger charge is 2.34. The smallest absolute Gasteiger partial charge is 0.0386 e. The van der Waals surface area contributed by atoms with E-state index >= 15 is 0 Å². The van der Waals surface area contributed by atoms with Crippen LogP contribution in [0.3, 0.4) is 0 Å². The lowest BCUT2D eigenvalue weighted by Crippen LogP contribution is -2.09. The van der Waals surface area contributed by atoms with Crippen LogP contribution in [0.5, 0.6) is 0 Å². The quantitative estimate of drug-likeness (QED) is 0.549. The molecule has 0 saturated heterocycles. The van der Waals surface area contributed by atoms with Gasteiger partial charge in [0.15, 0.2) is 0 Å². The highest BCUT2D eigenvalue weighted by Crippen LogP contribution is 2.45. The maximum absolute atomic E-state index is 2.48. The molecule has 2 aliphatic carbocycles. The minimum absolute atomic E-state index is 1.07. The maximum Gasteiger partial charge on any atom is -0.0386 e. The Morgan fingerprint density at radius 1 is 0.900 bits per heavy atom. The van der Waals surface area contributed by atoms with Gasteiger partial charge in [-0.05, 0) is 30.6 Å². The van der Waals surface area contributed by atoms with Crippen LogP contribution in [0.15, 0.2) is 0 Å². The molecule has 0 aromatic heterocycles. The Kier molecular flexibility index (Phi) is 1.71. The third-order valence-corrected chi connectivity index (χ3v) is 3.51. The van der Waals surface area contributed by atoms with E-state index in [0.29, 0.717) is 0 Å². The number of rotatable bonds is 2. The Bertz CT molecular complexity index is 107. The topological polar surface area (TPSA) is 0 Å². The Hall–Kier alpha value is 0. The van der Waals surface area contributed by atoms with Crippen molar-refractivity contribution in [1.29, 1.82) is 0 Å². The molecule has 0 bridgehead atoms. The van der Waals surface area contributed by atoms with Gasteiger partial charge in [0.2, 0.25) is 0 Å². The zero-order chi connectivity index (χ0) is 6.97. The van der Waals surface area contributed by atoms with Crippen LogP contribution >= 0.6 is 0 Å². The van der Waals surface area contributed by atoms with E-state index in [1.807, 2.05) is 0 Å². The van der Waals surface area contributed by atoms with Crippen LogP contribution in [0.25, 0.3) is 0 Å². The predicted molar refractivity (Wildman–Crippen MR) is 43.8 cm³/mol. The zero-order valence-corrected chi connectivity index (χ0v) is 6.97. The minimum Gasteiger partial charge on any atom is -0.0620 e. The predicted octanol–water partition coefficient (Wildman–Crippen LogP) is 3.22. The third-order valence-electron chi connectivity index (χ3n) is 3.51. The van der Waals surface area contributed by atoms with Crippen LogP contribution in [-0.4, -0.2) is 0 Å². The molecule has 0 amide bonds. The van der Waals surface area contributed by atoms with E-state index in [4.69, 9.17) is 0 Å². The van der Waals surface area contributed by atoms with Crippen molar-refractivity contribution in [3.63, 3.8) is 0 Å². The van der Waals surface area contributed by atoms with Crippen molar-refractivity contribution in [2.45, 2.75) is 45.4 Å². The molecule has 1 atom stereocenters. The van der Waals surface area contributed by atoms with Crippen LogP contribution in [0.1, 0.15) is 45.4 Å². The van der Waals surface area contributed by atoms with Gasteiger partial charge >= 0.3 is 0 Å². The van der Waals surface area contributed by atoms with Crippen LogP contribution in [0.4, 0.5) is 0 Å². The summed E-state index contributed by atoms with van der Waals surface area (Å²) < 4.78 is 0. The molecule has 0 spiro atoms. The van der Waals surface area contributed by atoms with Crippen molar-refractivity contribution in [2.75, 3.05) is 0 Å². The van der Waals surface area contributed by atoms with E-state index in [1.165, 1.54) is 38.5 Å². The Balaban J connectivity index is 1.84. The maximum atomic E-state index is 2.48. The molecule has 2 aliphatic rings. The Labute approximate surface area is 64.0 Å². The van der Waals surface area contributed by atoms with Crippen LogP contribution < -0.4 is 0 Å². The summed E-state index contributed by atoms with van der Waals surface area (Å²) in [6.07, 6.45) is 9.19. The average Bonchev–Trinajstić information content (AvgIpc) is 2.65. The normalized spacial score (nSPS) is 30.9. The van der Waals surface area contributed by atoms with E-state index in [1.54, 1.807) is 0 Å². The van der Waals surface area contributed by atoms with E-state index < -0.39 is 0 Å².